The van der Waals surface area contributed by atoms with Crippen LogP contribution in [0.5, 0.6) is 0 Å². The first-order chi connectivity index (χ1) is 9.70. The van der Waals surface area contributed by atoms with Crippen LogP contribution in [-0.4, -0.2) is 28.9 Å². The Morgan fingerprint density at radius 2 is 1.62 bits per heavy atom. The van der Waals surface area contributed by atoms with Crippen LogP contribution in [0.4, 0.5) is 5.82 Å². The van der Waals surface area contributed by atoms with E-state index in [-0.39, 0.29) is 11.8 Å². The van der Waals surface area contributed by atoms with Gasteiger partial charge in [-0.1, -0.05) is 41.5 Å². The first-order valence-electron chi connectivity index (χ1n) is 7.77. The number of amides is 1. The van der Waals surface area contributed by atoms with Gasteiger partial charge in [-0.25, -0.2) is 4.98 Å². The number of rotatable bonds is 6. The summed E-state index contributed by atoms with van der Waals surface area (Å²) in [5, 5.41) is 0. The van der Waals surface area contributed by atoms with Gasteiger partial charge in [0.2, 0.25) is 0 Å². The molecule has 2 N–H and O–H groups in total. The molecule has 0 aliphatic heterocycles. The second-order valence-corrected chi connectivity index (χ2v) is 6.86. The molecule has 0 spiro atoms. The summed E-state index contributed by atoms with van der Waals surface area (Å²) in [7, 11) is 0. The highest BCUT2D eigenvalue weighted by Gasteiger charge is 2.19. The molecule has 1 rings (SSSR count). The smallest absolute Gasteiger partial charge is 0.254 e. The Hall–Kier alpha value is -1.58. The van der Waals surface area contributed by atoms with E-state index >= 15 is 0 Å². The molecule has 118 valence electrons. The molecular weight excluding hydrogens is 262 g/mol. The molecular formula is C17H29N3O. The molecule has 0 aromatic carbocycles. The Labute approximate surface area is 128 Å². The number of hydrogen-bond donors (Lipinski definition) is 1. The molecule has 1 heterocycles. The van der Waals surface area contributed by atoms with Crippen molar-refractivity contribution in [2.45, 2.75) is 47.5 Å². The fraction of sp³-hybridized carbons (Fsp3) is 0.647. The number of carbonyl (C=O) groups is 1. The van der Waals surface area contributed by atoms with Gasteiger partial charge in [-0.05, 0) is 29.9 Å². The van der Waals surface area contributed by atoms with Gasteiger partial charge < -0.3 is 10.6 Å². The molecule has 4 heteroatoms. The van der Waals surface area contributed by atoms with Gasteiger partial charge >= 0.3 is 0 Å². The highest BCUT2D eigenvalue weighted by molar-refractivity contribution is 5.95. The predicted molar refractivity (Wildman–Crippen MR) is 88.3 cm³/mol. The van der Waals surface area contributed by atoms with Crippen LogP contribution in [0.25, 0.3) is 0 Å². The Bertz CT molecular complexity index is 471. The second-order valence-electron chi connectivity index (χ2n) is 6.86. The van der Waals surface area contributed by atoms with Crippen molar-refractivity contribution in [3.8, 4) is 0 Å². The van der Waals surface area contributed by atoms with Crippen molar-refractivity contribution >= 4 is 11.7 Å². The van der Waals surface area contributed by atoms with Crippen molar-refractivity contribution in [3.05, 3.63) is 23.4 Å². The zero-order valence-electron chi connectivity index (χ0n) is 14.2. The number of carbonyl (C=O) groups excluding carboxylic acids is 1. The van der Waals surface area contributed by atoms with Crippen molar-refractivity contribution in [3.63, 3.8) is 0 Å². The Morgan fingerprint density at radius 1 is 1.10 bits per heavy atom. The van der Waals surface area contributed by atoms with Crippen LogP contribution in [0, 0.1) is 11.8 Å². The van der Waals surface area contributed by atoms with Gasteiger partial charge in [0.25, 0.3) is 5.91 Å². The minimum absolute atomic E-state index is 0.0494. The molecule has 0 unspecified atom stereocenters. The summed E-state index contributed by atoms with van der Waals surface area (Å²) in [6, 6.07) is 3.55. The van der Waals surface area contributed by atoms with Crippen molar-refractivity contribution in [2.24, 2.45) is 11.8 Å². The molecule has 1 amide bonds. The summed E-state index contributed by atoms with van der Waals surface area (Å²) in [5.41, 5.74) is 7.37. The minimum atomic E-state index is 0.0494. The topological polar surface area (TPSA) is 59.2 Å². The van der Waals surface area contributed by atoms with E-state index in [0.717, 1.165) is 18.8 Å². The standard InChI is InChI=1S/C17H29N3O/c1-11(2)9-20(10-12(3)4)17(21)14-7-15(13(5)6)19-16(18)8-14/h7-8,11-13H,9-10H2,1-6H3,(H2,18,19). The molecule has 0 saturated carbocycles. The molecule has 0 bridgehead atoms. The average molecular weight is 291 g/mol. The lowest BCUT2D eigenvalue weighted by molar-refractivity contribution is 0.0715. The van der Waals surface area contributed by atoms with Crippen molar-refractivity contribution < 1.29 is 4.79 Å². The van der Waals surface area contributed by atoms with E-state index in [4.69, 9.17) is 5.73 Å². The summed E-state index contributed by atoms with van der Waals surface area (Å²) in [4.78, 5) is 19.0. The van der Waals surface area contributed by atoms with Gasteiger partial charge in [-0.3, -0.25) is 4.79 Å². The number of nitrogens with two attached hydrogens (primary N) is 1. The highest BCUT2D eigenvalue weighted by atomic mass is 16.2. The molecule has 0 fully saturated rings. The monoisotopic (exact) mass is 291 g/mol. The normalized spacial score (nSPS) is 11.5. The van der Waals surface area contributed by atoms with E-state index in [9.17, 15) is 4.79 Å². The molecule has 1 aromatic rings. The first kappa shape index (κ1) is 17.5. The Balaban J connectivity index is 3.07. The summed E-state index contributed by atoms with van der Waals surface area (Å²) in [5.74, 6) is 1.60. The molecule has 4 nitrogen and oxygen atoms in total. The number of hydrogen-bond acceptors (Lipinski definition) is 3. The maximum Gasteiger partial charge on any atom is 0.254 e. The van der Waals surface area contributed by atoms with Gasteiger partial charge in [-0.2, -0.15) is 0 Å². The van der Waals surface area contributed by atoms with Crippen molar-refractivity contribution in [1.82, 2.24) is 9.88 Å². The van der Waals surface area contributed by atoms with Crippen LogP contribution in [0.2, 0.25) is 0 Å². The lowest BCUT2D eigenvalue weighted by Gasteiger charge is -2.26. The number of nitrogens with zero attached hydrogens (tertiary/aromatic N) is 2. The average Bonchev–Trinajstić information content (AvgIpc) is 2.35. The van der Waals surface area contributed by atoms with Crippen LogP contribution < -0.4 is 5.73 Å². The molecule has 1 aromatic heterocycles. The van der Waals surface area contributed by atoms with E-state index in [2.05, 4.69) is 46.5 Å². The molecule has 0 atom stereocenters. The van der Waals surface area contributed by atoms with Gasteiger partial charge in [0, 0.05) is 24.3 Å². The van der Waals surface area contributed by atoms with Crippen LogP contribution >= 0.6 is 0 Å². The fourth-order valence-electron chi connectivity index (χ4n) is 2.30. The number of nitrogen functional groups attached to an aromatic ring is 1. The SMILES string of the molecule is CC(C)CN(CC(C)C)C(=O)c1cc(N)nc(C(C)C)c1. The third-order valence-corrected chi connectivity index (χ3v) is 3.16. The van der Waals surface area contributed by atoms with Crippen molar-refractivity contribution in [1.29, 1.82) is 0 Å². The highest BCUT2D eigenvalue weighted by Crippen LogP contribution is 2.18. The van der Waals surface area contributed by atoms with Crippen LogP contribution in [-0.2, 0) is 0 Å². The molecule has 0 aliphatic carbocycles. The summed E-state index contributed by atoms with van der Waals surface area (Å²) in [6.45, 7) is 14.1. The van der Waals surface area contributed by atoms with E-state index in [1.807, 2.05) is 11.0 Å². The summed E-state index contributed by atoms with van der Waals surface area (Å²) in [6.07, 6.45) is 0. The van der Waals surface area contributed by atoms with E-state index in [1.165, 1.54) is 0 Å². The van der Waals surface area contributed by atoms with E-state index in [0.29, 0.717) is 23.2 Å². The predicted octanol–water partition coefficient (Wildman–Crippen LogP) is 3.54. The lowest BCUT2D eigenvalue weighted by Crippen LogP contribution is -2.37. The van der Waals surface area contributed by atoms with Gasteiger partial charge in [0.15, 0.2) is 0 Å². The van der Waals surface area contributed by atoms with Gasteiger partial charge in [0.05, 0.1) is 0 Å². The van der Waals surface area contributed by atoms with E-state index < -0.39 is 0 Å². The summed E-state index contributed by atoms with van der Waals surface area (Å²) < 4.78 is 0. The second kappa shape index (κ2) is 7.43. The Kier molecular flexibility index (Phi) is 6.19. The first-order valence-corrected chi connectivity index (χ1v) is 7.77. The summed E-state index contributed by atoms with van der Waals surface area (Å²) >= 11 is 0. The third-order valence-electron chi connectivity index (χ3n) is 3.16. The molecule has 21 heavy (non-hydrogen) atoms. The molecule has 0 radical (unpaired) electrons. The molecule has 0 aliphatic rings. The molecule has 0 saturated heterocycles. The fourth-order valence-corrected chi connectivity index (χ4v) is 2.30. The zero-order chi connectivity index (χ0) is 16.2. The van der Waals surface area contributed by atoms with Crippen molar-refractivity contribution in [2.75, 3.05) is 18.8 Å². The number of aromatic nitrogens is 1. The largest absolute Gasteiger partial charge is 0.384 e. The Morgan fingerprint density at radius 3 is 2.05 bits per heavy atom. The van der Waals surface area contributed by atoms with Crippen LogP contribution in [0.1, 0.15) is 63.5 Å². The maximum atomic E-state index is 12.8. The maximum absolute atomic E-state index is 12.8. The van der Waals surface area contributed by atoms with Gasteiger partial charge in [0.1, 0.15) is 5.82 Å². The van der Waals surface area contributed by atoms with E-state index in [1.54, 1.807) is 6.07 Å². The number of anilines is 1. The number of pyridine rings is 1. The van der Waals surface area contributed by atoms with Crippen LogP contribution in [0.3, 0.4) is 0 Å². The lowest BCUT2D eigenvalue weighted by atomic mass is 10.1. The zero-order valence-corrected chi connectivity index (χ0v) is 14.2. The third kappa shape index (κ3) is 5.37. The van der Waals surface area contributed by atoms with Crippen LogP contribution in [0.15, 0.2) is 12.1 Å². The quantitative estimate of drug-likeness (QED) is 0.872. The van der Waals surface area contributed by atoms with Gasteiger partial charge in [-0.15, -0.1) is 0 Å². The minimum Gasteiger partial charge on any atom is -0.384 e.